The summed E-state index contributed by atoms with van der Waals surface area (Å²) in [4.78, 5) is 25.3. The number of nitrogens with zero attached hydrogens (tertiary/aromatic N) is 2. The SMILES string of the molecule is CCOc1ccc(CN(CC)C(=O)/C=C/c2cc([N+](=O)[O-])cc3c2OCOC3)cc1OC. The Bertz CT molecular complexity index is 1020. The molecule has 1 heterocycles. The number of fused-ring (bicyclic) bond motifs is 1. The van der Waals surface area contributed by atoms with Crippen LogP contribution in [0.1, 0.15) is 30.5 Å². The van der Waals surface area contributed by atoms with Crippen molar-refractivity contribution in [1.82, 2.24) is 4.90 Å². The van der Waals surface area contributed by atoms with Crippen molar-refractivity contribution in [2.24, 2.45) is 0 Å². The number of amides is 1. The van der Waals surface area contributed by atoms with Gasteiger partial charge in [0.05, 0.1) is 25.2 Å². The molecule has 0 unspecified atom stereocenters. The van der Waals surface area contributed by atoms with Gasteiger partial charge in [0.2, 0.25) is 5.91 Å². The standard InChI is InChI=1S/C23H26N2O7/c1-4-24(13-16-6-8-20(31-5-2)21(10-16)29-3)22(26)9-7-17-11-19(25(27)28)12-18-14-30-15-32-23(17)18/h6-12H,4-5,13-15H2,1-3H3/b9-7+. The Morgan fingerprint density at radius 1 is 1.25 bits per heavy atom. The maximum absolute atomic E-state index is 12.8. The number of benzene rings is 2. The third-order valence-electron chi connectivity index (χ3n) is 4.93. The normalized spacial score (nSPS) is 12.7. The molecule has 0 fully saturated rings. The number of nitro benzene ring substituents is 1. The van der Waals surface area contributed by atoms with Crippen LogP contribution < -0.4 is 14.2 Å². The summed E-state index contributed by atoms with van der Waals surface area (Å²) in [6.07, 6.45) is 2.94. The number of hydrogen-bond donors (Lipinski definition) is 0. The minimum atomic E-state index is -0.480. The van der Waals surface area contributed by atoms with Gasteiger partial charge in [0.1, 0.15) is 5.75 Å². The fourth-order valence-electron chi connectivity index (χ4n) is 3.38. The molecule has 0 saturated carbocycles. The Morgan fingerprint density at radius 2 is 2.06 bits per heavy atom. The van der Waals surface area contributed by atoms with Crippen LogP contribution in [0.25, 0.3) is 6.08 Å². The van der Waals surface area contributed by atoms with Crippen LogP contribution in [0.3, 0.4) is 0 Å². The molecule has 170 valence electrons. The molecule has 0 aromatic heterocycles. The van der Waals surface area contributed by atoms with Crippen LogP contribution in [0.15, 0.2) is 36.4 Å². The summed E-state index contributed by atoms with van der Waals surface area (Å²) in [5, 5.41) is 11.3. The quantitative estimate of drug-likeness (QED) is 0.329. The highest BCUT2D eigenvalue weighted by molar-refractivity contribution is 5.92. The molecular formula is C23H26N2O7. The maximum Gasteiger partial charge on any atom is 0.270 e. The zero-order valence-corrected chi connectivity index (χ0v) is 18.3. The van der Waals surface area contributed by atoms with E-state index in [9.17, 15) is 14.9 Å². The number of non-ortho nitro benzene ring substituents is 1. The topological polar surface area (TPSA) is 100 Å². The number of methoxy groups -OCH3 is 1. The molecule has 0 aliphatic carbocycles. The Balaban J connectivity index is 1.80. The number of likely N-dealkylation sites (N-methyl/N-ethyl adjacent to an activating group) is 1. The van der Waals surface area contributed by atoms with Crippen molar-refractivity contribution in [3.63, 3.8) is 0 Å². The average Bonchev–Trinajstić information content (AvgIpc) is 2.81. The Labute approximate surface area is 186 Å². The monoisotopic (exact) mass is 442 g/mol. The van der Waals surface area contributed by atoms with Crippen molar-refractivity contribution >= 4 is 17.7 Å². The van der Waals surface area contributed by atoms with Gasteiger partial charge in [-0.05, 0) is 37.6 Å². The molecule has 0 atom stereocenters. The molecule has 1 amide bonds. The highest BCUT2D eigenvalue weighted by atomic mass is 16.7. The second kappa shape index (κ2) is 10.6. The second-order valence-corrected chi connectivity index (χ2v) is 6.99. The summed E-state index contributed by atoms with van der Waals surface area (Å²) in [5.41, 5.74) is 1.84. The van der Waals surface area contributed by atoms with E-state index in [-0.39, 0.29) is 25.0 Å². The van der Waals surface area contributed by atoms with Gasteiger partial charge in [0, 0.05) is 42.4 Å². The lowest BCUT2D eigenvalue weighted by Crippen LogP contribution is -2.28. The van der Waals surface area contributed by atoms with Gasteiger partial charge in [0.15, 0.2) is 18.3 Å². The van der Waals surface area contributed by atoms with Crippen molar-refractivity contribution in [2.75, 3.05) is 27.1 Å². The van der Waals surface area contributed by atoms with Crippen molar-refractivity contribution in [3.8, 4) is 17.2 Å². The molecule has 0 saturated heterocycles. The fraction of sp³-hybridized carbons (Fsp3) is 0.348. The average molecular weight is 442 g/mol. The highest BCUT2D eigenvalue weighted by Crippen LogP contribution is 2.33. The predicted octanol–water partition coefficient (Wildman–Crippen LogP) is 3.93. The van der Waals surface area contributed by atoms with E-state index < -0.39 is 4.92 Å². The Kier molecular flexibility index (Phi) is 7.67. The molecule has 3 rings (SSSR count). The minimum Gasteiger partial charge on any atom is -0.493 e. The summed E-state index contributed by atoms with van der Waals surface area (Å²) < 4.78 is 21.6. The predicted molar refractivity (Wildman–Crippen MR) is 118 cm³/mol. The van der Waals surface area contributed by atoms with E-state index >= 15 is 0 Å². The zero-order valence-electron chi connectivity index (χ0n) is 18.3. The molecule has 1 aliphatic rings. The first-order valence-electron chi connectivity index (χ1n) is 10.2. The lowest BCUT2D eigenvalue weighted by Gasteiger charge is -2.21. The third-order valence-corrected chi connectivity index (χ3v) is 4.93. The van der Waals surface area contributed by atoms with Gasteiger partial charge in [-0.3, -0.25) is 14.9 Å². The number of ether oxygens (including phenoxy) is 4. The molecule has 1 aliphatic heterocycles. The van der Waals surface area contributed by atoms with Gasteiger partial charge in [-0.1, -0.05) is 6.07 Å². The zero-order chi connectivity index (χ0) is 23.1. The second-order valence-electron chi connectivity index (χ2n) is 6.99. The first-order valence-corrected chi connectivity index (χ1v) is 10.2. The molecule has 0 spiro atoms. The van der Waals surface area contributed by atoms with Crippen LogP contribution in [-0.2, 0) is 22.7 Å². The number of carbonyl (C=O) groups excluding carboxylic acids is 1. The van der Waals surface area contributed by atoms with Gasteiger partial charge >= 0.3 is 0 Å². The van der Waals surface area contributed by atoms with Crippen molar-refractivity contribution in [3.05, 3.63) is 63.2 Å². The van der Waals surface area contributed by atoms with Gasteiger partial charge in [-0.2, -0.15) is 0 Å². The van der Waals surface area contributed by atoms with Crippen LogP contribution in [-0.4, -0.2) is 42.8 Å². The van der Waals surface area contributed by atoms with E-state index in [1.54, 1.807) is 18.1 Å². The fourth-order valence-corrected chi connectivity index (χ4v) is 3.38. The van der Waals surface area contributed by atoms with Crippen LogP contribution in [0.4, 0.5) is 5.69 Å². The molecule has 0 radical (unpaired) electrons. The molecule has 0 bridgehead atoms. The number of nitro groups is 1. The summed E-state index contributed by atoms with van der Waals surface area (Å²) in [7, 11) is 1.57. The first kappa shape index (κ1) is 23.1. The molecule has 9 heteroatoms. The molecule has 2 aromatic rings. The molecule has 0 N–H and O–H groups in total. The summed E-state index contributed by atoms with van der Waals surface area (Å²) in [6.45, 7) is 5.43. The summed E-state index contributed by atoms with van der Waals surface area (Å²) in [5.74, 6) is 1.51. The smallest absolute Gasteiger partial charge is 0.270 e. The largest absolute Gasteiger partial charge is 0.493 e. The third kappa shape index (κ3) is 5.36. The number of carbonyl (C=O) groups is 1. The first-order chi connectivity index (χ1) is 15.5. The molecular weight excluding hydrogens is 416 g/mol. The Morgan fingerprint density at radius 3 is 2.75 bits per heavy atom. The summed E-state index contributed by atoms with van der Waals surface area (Å²) >= 11 is 0. The van der Waals surface area contributed by atoms with Crippen LogP contribution >= 0.6 is 0 Å². The van der Waals surface area contributed by atoms with E-state index in [0.717, 1.165) is 5.56 Å². The van der Waals surface area contributed by atoms with E-state index in [2.05, 4.69) is 0 Å². The van der Waals surface area contributed by atoms with E-state index in [0.29, 0.717) is 48.1 Å². The van der Waals surface area contributed by atoms with E-state index in [1.165, 1.54) is 18.2 Å². The van der Waals surface area contributed by atoms with E-state index in [1.807, 2.05) is 32.0 Å². The van der Waals surface area contributed by atoms with Crippen molar-refractivity contribution in [1.29, 1.82) is 0 Å². The van der Waals surface area contributed by atoms with Gasteiger partial charge in [-0.15, -0.1) is 0 Å². The van der Waals surface area contributed by atoms with Crippen molar-refractivity contribution in [2.45, 2.75) is 27.0 Å². The van der Waals surface area contributed by atoms with Gasteiger partial charge < -0.3 is 23.8 Å². The summed E-state index contributed by atoms with van der Waals surface area (Å²) in [6, 6.07) is 8.36. The van der Waals surface area contributed by atoms with Crippen molar-refractivity contribution < 1.29 is 28.7 Å². The molecule has 9 nitrogen and oxygen atoms in total. The maximum atomic E-state index is 12.8. The molecule has 32 heavy (non-hydrogen) atoms. The minimum absolute atomic E-state index is 0.0558. The highest BCUT2D eigenvalue weighted by Gasteiger charge is 2.20. The lowest BCUT2D eigenvalue weighted by atomic mass is 10.1. The van der Waals surface area contributed by atoms with Crippen LogP contribution in [0.5, 0.6) is 17.2 Å². The molecule has 2 aromatic carbocycles. The van der Waals surface area contributed by atoms with Gasteiger partial charge in [0.25, 0.3) is 5.69 Å². The van der Waals surface area contributed by atoms with Gasteiger partial charge in [-0.25, -0.2) is 0 Å². The Hall–Kier alpha value is -3.59. The number of rotatable bonds is 9. The lowest BCUT2D eigenvalue weighted by molar-refractivity contribution is -0.385. The number of hydrogen-bond acceptors (Lipinski definition) is 7. The van der Waals surface area contributed by atoms with E-state index in [4.69, 9.17) is 18.9 Å². The van der Waals surface area contributed by atoms with Crippen LogP contribution in [0, 0.1) is 10.1 Å². The van der Waals surface area contributed by atoms with Crippen LogP contribution in [0.2, 0.25) is 0 Å².